The van der Waals surface area contributed by atoms with Crippen LogP contribution in [0.1, 0.15) is 22.7 Å². The Hall–Kier alpha value is -3.05. The monoisotopic (exact) mass is 414 g/mol. The zero-order chi connectivity index (χ0) is 20.7. The van der Waals surface area contributed by atoms with Crippen LogP contribution < -0.4 is 0 Å². The lowest BCUT2D eigenvalue weighted by atomic mass is 10.0. The smallest absolute Gasteiger partial charge is 0.304 e. The summed E-state index contributed by atoms with van der Waals surface area (Å²) in [6.45, 7) is 0.0885. The van der Waals surface area contributed by atoms with Gasteiger partial charge in [-0.2, -0.15) is 12.6 Å². The minimum absolute atomic E-state index is 0.0885. The van der Waals surface area contributed by atoms with Crippen LogP contribution in [0.15, 0.2) is 78.9 Å². The van der Waals surface area contributed by atoms with Crippen LogP contribution in [0.2, 0.25) is 0 Å². The van der Waals surface area contributed by atoms with E-state index < -0.39 is 0 Å². The van der Waals surface area contributed by atoms with E-state index in [2.05, 4.69) is 36.9 Å². The molecule has 3 amide bonds. The topological polar surface area (TPSA) is 40.6 Å². The van der Waals surface area contributed by atoms with Gasteiger partial charge in [-0.15, -0.1) is 0 Å². The summed E-state index contributed by atoms with van der Waals surface area (Å²) in [4.78, 5) is 29.6. The molecule has 0 saturated carbocycles. The lowest BCUT2D eigenvalue weighted by Crippen LogP contribution is -2.44. The van der Waals surface area contributed by atoms with Crippen LogP contribution in [0.4, 0.5) is 4.79 Å². The predicted molar refractivity (Wildman–Crippen MR) is 120 cm³/mol. The first-order valence-electron chi connectivity index (χ1n) is 10.1. The molecule has 0 spiro atoms. The number of benzene rings is 3. The van der Waals surface area contributed by atoms with Crippen molar-refractivity contribution in [1.29, 1.82) is 0 Å². The number of thiol groups is 1. The first-order chi connectivity index (χ1) is 14.7. The van der Waals surface area contributed by atoms with E-state index in [4.69, 9.17) is 0 Å². The van der Waals surface area contributed by atoms with E-state index in [0.29, 0.717) is 12.2 Å². The van der Waals surface area contributed by atoms with Gasteiger partial charge in [0.05, 0.1) is 12.1 Å². The van der Waals surface area contributed by atoms with Crippen molar-refractivity contribution in [2.24, 2.45) is 0 Å². The molecule has 5 heteroatoms. The molecule has 1 saturated heterocycles. The summed E-state index contributed by atoms with van der Waals surface area (Å²) in [5, 5.41) is 0. The van der Waals surface area contributed by atoms with Crippen molar-refractivity contribution >= 4 is 24.6 Å². The first-order valence-corrected chi connectivity index (χ1v) is 10.8. The van der Waals surface area contributed by atoms with Crippen LogP contribution in [0.3, 0.4) is 0 Å². The van der Waals surface area contributed by atoms with Gasteiger partial charge >= 0.3 is 6.03 Å². The van der Waals surface area contributed by atoms with Crippen LogP contribution in [0.25, 0.3) is 11.1 Å². The van der Waals surface area contributed by atoms with Crippen molar-refractivity contribution in [2.75, 3.05) is 12.3 Å². The molecule has 3 aromatic rings. The van der Waals surface area contributed by atoms with E-state index in [1.165, 1.54) is 4.90 Å². The number of hydrogen-bond acceptors (Lipinski definition) is 3. The molecule has 0 N–H and O–H groups in total. The number of carbonyl (C=O) groups is 2. The van der Waals surface area contributed by atoms with E-state index >= 15 is 0 Å². The predicted octanol–water partition coefficient (Wildman–Crippen LogP) is 4.56. The zero-order valence-corrected chi connectivity index (χ0v) is 17.3. The molecule has 0 radical (unpaired) electrons. The quantitative estimate of drug-likeness (QED) is 0.491. The Kier molecular flexibility index (Phi) is 4.83. The highest BCUT2D eigenvalue weighted by molar-refractivity contribution is 7.80. The molecular formula is C25H22N2O2S. The van der Waals surface area contributed by atoms with Gasteiger partial charge < -0.3 is 4.90 Å². The standard InChI is InChI=1S/C25H22N2O2S/c28-23-15-26(25(29)27(23)18(16-30)14-17-8-2-1-3-9-17)24-21-12-6-4-10-19(21)20-11-5-7-13-22(20)24/h1-13,18,24,30H,14-16H2. The molecular weight excluding hydrogens is 392 g/mol. The van der Waals surface area contributed by atoms with E-state index in [0.717, 1.165) is 27.8 Å². The van der Waals surface area contributed by atoms with Crippen LogP contribution in [-0.2, 0) is 11.2 Å². The van der Waals surface area contributed by atoms with Crippen molar-refractivity contribution < 1.29 is 9.59 Å². The third-order valence-corrected chi connectivity index (χ3v) is 6.45. The molecule has 30 heavy (non-hydrogen) atoms. The molecule has 1 unspecified atom stereocenters. The number of amides is 3. The molecule has 1 heterocycles. The van der Waals surface area contributed by atoms with Gasteiger partial charge in [-0.25, -0.2) is 4.79 Å². The third-order valence-electron chi connectivity index (χ3n) is 6.03. The van der Waals surface area contributed by atoms with Crippen molar-refractivity contribution in [2.45, 2.75) is 18.5 Å². The summed E-state index contributed by atoms with van der Waals surface area (Å²) in [5.41, 5.74) is 5.50. The lowest BCUT2D eigenvalue weighted by molar-refractivity contribution is -0.126. The highest BCUT2D eigenvalue weighted by Gasteiger charge is 2.46. The van der Waals surface area contributed by atoms with Crippen LogP contribution in [0.5, 0.6) is 0 Å². The summed E-state index contributed by atoms with van der Waals surface area (Å²) in [5.74, 6) is 0.273. The minimum atomic E-state index is -0.271. The Balaban J connectivity index is 1.49. The average Bonchev–Trinajstić information content (AvgIpc) is 3.26. The Labute approximate surface area is 181 Å². The molecule has 5 rings (SSSR count). The molecule has 150 valence electrons. The number of hydrogen-bond donors (Lipinski definition) is 1. The van der Waals surface area contributed by atoms with Crippen LogP contribution in [-0.4, -0.2) is 40.1 Å². The normalized spacial score (nSPS) is 16.7. The maximum Gasteiger partial charge on any atom is 0.328 e. The van der Waals surface area contributed by atoms with Crippen molar-refractivity contribution in [3.8, 4) is 11.1 Å². The van der Waals surface area contributed by atoms with Gasteiger partial charge in [0, 0.05) is 5.75 Å². The fourth-order valence-electron chi connectivity index (χ4n) is 4.68. The van der Waals surface area contributed by atoms with Gasteiger partial charge in [-0.05, 0) is 34.2 Å². The second-order valence-corrected chi connectivity index (χ2v) is 8.14. The van der Waals surface area contributed by atoms with Gasteiger partial charge in [0.15, 0.2) is 0 Å². The summed E-state index contributed by atoms with van der Waals surface area (Å²) >= 11 is 4.47. The van der Waals surface area contributed by atoms with Crippen LogP contribution >= 0.6 is 12.6 Å². The molecule has 0 bridgehead atoms. The highest BCUT2D eigenvalue weighted by Crippen LogP contribution is 2.47. The number of urea groups is 1. The summed E-state index contributed by atoms with van der Waals surface area (Å²) in [6, 6.07) is 25.5. The fraction of sp³-hybridized carbons (Fsp3) is 0.200. The Morgan fingerprint density at radius 3 is 2.00 bits per heavy atom. The van der Waals surface area contributed by atoms with E-state index in [-0.39, 0.29) is 30.6 Å². The Bertz CT molecular complexity index is 1070. The zero-order valence-electron chi connectivity index (χ0n) is 16.4. The number of fused-ring (bicyclic) bond motifs is 3. The van der Waals surface area contributed by atoms with Crippen molar-refractivity contribution in [3.05, 3.63) is 95.6 Å². The van der Waals surface area contributed by atoms with Crippen molar-refractivity contribution in [1.82, 2.24) is 9.80 Å². The fourth-order valence-corrected chi connectivity index (χ4v) is 4.98. The molecule has 1 aliphatic heterocycles. The molecule has 1 fully saturated rings. The molecule has 4 nitrogen and oxygen atoms in total. The average molecular weight is 415 g/mol. The number of imide groups is 1. The Morgan fingerprint density at radius 1 is 0.833 bits per heavy atom. The van der Waals surface area contributed by atoms with E-state index in [1.54, 1.807) is 4.90 Å². The Morgan fingerprint density at radius 2 is 1.40 bits per heavy atom. The second kappa shape index (κ2) is 7.65. The largest absolute Gasteiger partial charge is 0.328 e. The van der Waals surface area contributed by atoms with Gasteiger partial charge in [0.25, 0.3) is 5.91 Å². The maximum atomic E-state index is 13.5. The summed E-state index contributed by atoms with van der Waals surface area (Å²) < 4.78 is 0. The number of carbonyl (C=O) groups excluding carboxylic acids is 2. The summed E-state index contributed by atoms with van der Waals surface area (Å²) in [6.07, 6.45) is 0.605. The first kappa shape index (κ1) is 18.9. The van der Waals surface area contributed by atoms with Gasteiger partial charge in [-0.1, -0.05) is 78.9 Å². The highest BCUT2D eigenvalue weighted by atomic mass is 32.1. The second-order valence-electron chi connectivity index (χ2n) is 7.78. The van der Waals surface area contributed by atoms with E-state index in [9.17, 15) is 9.59 Å². The van der Waals surface area contributed by atoms with Gasteiger partial charge in [-0.3, -0.25) is 9.69 Å². The van der Waals surface area contributed by atoms with Gasteiger partial charge in [0.1, 0.15) is 6.54 Å². The van der Waals surface area contributed by atoms with Crippen LogP contribution in [0, 0.1) is 0 Å². The SMILES string of the molecule is O=C1CN(C2c3ccccc3-c3ccccc32)C(=O)N1C(CS)Cc1ccccc1. The third kappa shape index (κ3) is 3.01. The summed E-state index contributed by atoms with van der Waals surface area (Å²) in [7, 11) is 0. The van der Waals surface area contributed by atoms with E-state index in [1.807, 2.05) is 54.6 Å². The number of rotatable bonds is 5. The molecule has 1 aliphatic carbocycles. The maximum absolute atomic E-state index is 13.5. The number of nitrogens with zero attached hydrogens (tertiary/aromatic N) is 2. The van der Waals surface area contributed by atoms with Crippen molar-refractivity contribution in [3.63, 3.8) is 0 Å². The molecule has 2 aliphatic rings. The molecule has 3 aromatic carbocycles. The molecule has 0 aromatic heterocycles. The lowest BCUT2D eigenvalue weighted by Gasteiger charge is -2.28. The molecule has 1 atom stereocenters. The minimum Gasteiger partial charge on any atom is -0.304 e. The van der Waals surface area contributed by atoms with Gasteiger partial charge in [0.2, 0.25) is 0 Å².